The van der Waals surface area contributed by atoms with Gasteiger partial charge in [-0.05, 0) is 59.4 Å². The fourth-order valence-electron chi connectivity index (χ4n) is 4.66. The van der Waals surface area contributed by atoms with E-state index < -0.39 is 45.7 Å². The van der Waals surface area contributed by atoms with Crippen LogP contribution in [0.15, 0.2) is 66.7 Å². The molecule has 1 heterocycles. The second-order valence-electron chi connectivity index (χ2n) is 9.52. The van der Waals surface area contributed by atoms with E-state index in [9.17, 15) is 27.1 Å². The van der Waals surface area contributed by atoms with Crippen molar-refractivity contribution in [3.8, 4) is 0 Å². The Hall–Kier alpha value is -3.34. The van der Waals surface area contributed by atoms with Crippen LogP contribution in [0, 0.1) is 11.6 Å². The van der Waals surface area contributed by atoms with Gasteiger partial charge in [0.05, 0.1) is 23.7 Å². The van der Waals surface area contributed by atoms with Crippen molar-refractivity contribution in [3.63, 3.8) is 0 Å². The van der Waals surface area contributed by atoms with Crippen molar-refractivity contribution in [2.24, 2.45) is 0 Å². The summed E-state index contributed by atoms with van der Waals surface area (Å²) in [4.78, 5) is 12.7. The van der Waals surface area contributed by atoms with Gasteiger partial charge in [-0.3, -0.25) is 0 Å². The maximum absolute atomic E-state index is 13.8. The summed E-state index contributed by atoms with van der Waals surface area (Å²) < 4.78 is 52.7. The van der Waals surface area contributed by atoms with Crippen LogP contribution in [0.4, 0.5) is 19.3 Å². The number of amides is 2. The topological polar surface area (TPSA) is 108 Å². The van der Waals surface area contributed by atoms with Crippen LogP contribution in [0.25, 0.3) is 0 Å². The molecule has 1 aliphatic heterocycles. The zero-order valence-electron chi connectivity index (χ0n) is 21.0. The van der Waals surface area contributed by atoms with Gasteiger partial charge in [-0.15, -0.1) is 0 Å². The van der Waals surface area contributed by atoms with Gasteiger partial charge in [0.15, 0.2) is 9.84 Å². The molecule has 0 bridgehead atoms. The van der Waals surface area contributed by atoms with Gasteiger partial charge in [-0.2, -0.15) is 0 Å². The van der Waals surface area contributed by atoms with Crippen molar-refractivity contribution in [2.45, 2.75) is 43.7 Å². The highest BCUT2D eigenvalue weighted by atomic mass is 32.2. The van der Waals surface area contributed by atoms with E-state index in [1.54, 1.807) is 30.3 Å². The van der Waals surface area contributed by atoms with Crippen molar-refractivity contribution in [1.29, 1.82) is 0 Å². The molecule has 0 fully saturated rings. The van der Waals surface area contributed by atoms with Crippen molar-refractivity contribution in [2.75, 3.05) is 17.6 Å². The van der Waals surface area contributed by atoms with Crippen molar-refractivity contribution in [3.05, 3.63) is 101 Å². The van der Waals surface area contributed by atoms with E-state index in [0.29, 0.717) is 11.3 Å². The first-order valence-corrected chi connectivity index (χ1v) is 14.2. The van der Waals surface area contributed by atoms with E-state index >= 15 is 0 Å². The quantitative estimate of drug-likeness (QED) is 0.328. The molecule has 0 saturated carbocycles. The second kappa shape index (κ2) is 12.0. The molecule has 3 aromatic rings. The lowest BCUT2D eigenvalue weighted by Crippen LogP contribution is -2.51. The number of aliphatic hydroxyl groups excluding tert-OH is 1. The van der Waals surface area contributed by atoms with E-state index in [4.69, 9.17) is 0 Å². The number of aliphatic hydroxyl groups is 1. The molecule has 0 spiro atoms. The number of urea groups is 1. The molecule has 7 nitrogen and oxygen atoms in total. The van der Waals surface area contributed by atoms with Gasteiger partial charge in [0.1, 0.15) is 11.6 Å². The standard InChI is InChI=1S/C28H31F2N3O4S/c1-2-18-8-9-20-16-38(36,37)17-26(24(20)12-18)31-15-27(34)25(13-19-10-21(29)14-22(30)11-19)33-28(35)32-23-6-4-3-5-7-23/h3-12,14,25-27,31,34H,2,13,15-17H2,1H3,(H2,32,33,35)/t25-,26-,27+/m1/s1. The first-order valence-electron chi connectivity index (χ1n) is 12.4. The number of hydrogen-bond acceptors (Lipinski definition) is 5. The average Bonchev–Trinajstić information content (AvgIpc) is 2.86. The highest BCUT2D eigenvalue weighted by Crippen LogP contribution is 2.29. The largest absolute Gasteiger partial charge is 0.390 e. The highest BCUT2D eigenvalue weighted by Gasteiger charge is 2.31. The van der Waals surface area contributed by atoms with Crippen LogP contribution < -0.4 is 16.0 Å². The smallest absolute Gasteiger partial charge is 0.319 e. The molecule has 0 aliphatic carbocycles. The minimum atomic E-state index is -3.35. The first kappa shape index (κ1) is 27.7. The lowest BCUT2D eigenvalue weighted by atomic mass is 9.97. The summed E-state index contributed by atoms with van der Waals surface area (Å²) in [5.41, 5.74) is 3.44. The second-order valence-corrected chi connectivity index (χ2v) is 11.6. The molecule has 38 heavy (non-hydrogen) atoms. The lowest BCUT2D eigenvalue weighted by molar-refractivity contribution is 0.125. The van der Waals surface area contributed by atoms with E-state index in [2.05, 4.69) is 16.0 Å². The number of rotatable bonds is 9. The van der Waals surface area contributed by atoms with Gasteiger partial charge in [-0.25, -0.2) is 22.0 Å². The monoisotopic (exact) mass is 543 g/mol. The number of anilines is 1. The van der Waals surface area contributed by atoms with Crippen molar-refractivity contribution in [1.82, 2.24) is 10.6 Å². The summed E-state index contributed by atoms with van der Waals surface area (Å²) in [6, 6.07) is 15.4. The summed E-state index contributed by atoms with van der Waals surface area (Å²) in [6.07, 6.45) is -0.466. The minimum absolute atomic E-state index is 0.0396. The summed E-state index contributed by atoms with van der Waals surface area (Å²) in [5.74, 6) is -1.70. The molecule has 0 unspecified atom stereocenters. The van der Waals surface area contributed by atoms with Crippen LogP contribution in [0.3, 0.4) is 0 Å². The van der Waals surface area contributed by atoms with E-state index in [-0.39, 0.29) is 30.0 Å². The molecule has 202 valence electrons. The number of para-hydroxylation sites is 1. The van der Waals surface area contributed by atoms with Gasteiger partial charge >= 0.3 is 6.03 Å². The van der Waals surface area contributed by atoms with Crippen LogP contribution in [0.5, 0.6) is 0 Å². The van der Waals surface area contributed by atoms with Gasteiger partial charge in [0, 0.05) is 24.3 Å². The molecule has 1 aliphatic rings. The fraction of sp³-hybridized carbons (Fsp3) is 0.321. The number of aryl methyl sites for hydroxylation is 1. The molecule has 4 N–H and O–H groups in total. The molecule has 0 saturated heterocycles. The zero-order chi connectivity index (χ0) is 27.3. The third kappa shape index (κ3) is 7.37. The number of fused-ring (bicyclic) bond motifs is 1. The Bertz CT molecular complexity index is 1370. The molecular weight excluding hydrogens is 512 g/mol. The molecule has 2 amide bonds. The van der Waals surface area contributed by atoms with Crippen LogP contribution in [0.1, 0.15) is 35.2 Å². The van der Waals surface area contributed by atoms with Gasteiger partial charge in [0.2, 0.25) is 0 Å². The SMILES string of the molecule is CCc1ccc2c(c1)[C@H](NC[C@H](O)[C@@H](Cc1cc(F)cc(F)c1)NC(=O)Nc1ccccc1)CS(=O)(=O)C2. The third-order valence-electron chi connectivity index (χ3n) is 6.55. The molecule has 3 atom stereocenters. The lowest BCUT2D eigenvalue weighted by Gasteiger charge is -2.30. The maximum atomic E-state index is 13.8. The van der Waals surface area contributed by atoms with Gasteiger partial charge in [0.25, 0.3) is 0 Å². The van der Waals surface area contributed by atoms with E-state index in [1.165, 1.54) is 0 Å². The summed E-state index contributed by atoms with van der Waals surface area (Å²) >= 11 is 0. The predicted octanol–water partition coefficient (Wildman–Crippen LogP) is 3.88. The molecule has 10 heteroatoms. The Morgan fingerprint density at radius 2 is 1.74 bits per heavy atom. The summed E-state index contributed by atoms with van der Waals surface area (Å²) in [6.45, 7) is 1.95. The summed E-state index contributed by atoms with van der Waals surface area (Å²) in [7, 11) is -3.35. The Kier molecular flexibility index (Phi) is 8.76. The Labute approximate surface area is 221 Å². The molecular formula is C28H31F2N3O4S. The van der Waals surface area contributed by atoms with E-state index in [0.717, 1.165) is 35.7 Å². The number of hydrogen-bond donors (Lipinski definition) is 4. The Morgan fingerprint density at radius 3 is 2.42 bits per heavy atom. The predicted molar refractivity (Wildman–Crippen MR) is 143 cm³/mol. The fourth-order valence-corrected chi connectivity index (χ4v) is 6.32. The molecule has 4 rings (SSSR count). The third-order valence-corrected chi connectivity index (χ3v) is 8.15. The zero-order valence-corrected chi connectivity index (χ0v) is 21.8. The number of sulfone groups is 1. The molecule has 0 radical (unpaired) electrons. The highest BCUT2D eigenvalue weighted by molar-refractivity contribution is 7.90. The van der Waals surface area contributed by atoms with Crippen LogP contribution in [-0.2, 0) is 28.4 Å². The van der Waals surface area contributed by atoms with Crippen molar-refractivity contribution >= 4 is 21.6 Å². The van der Waals surface area contributed by atoms with Gasteiger partial charge in [-0.1, -0.05) is 43.3 Å². The van der Waals surface area contributed by atoms with Crippen LogP contribution in [-0.4, -0.2) is 44.0 Å². The van der Waals surface area contributed by atoms with Crippen molar-refractivity contribution < 1.29 is 27.1 Å². The van der Waals surface area contributed by atoms with Crippen LogP contribution in [0.2, 0.25) is 0 Å². The van der Waals surface area contributed by atoms with Gasteiger partial charge < -0.3 is 21.1 Å². The Morgan fingerprint density at radius 1 is 1.03 bits per heavy atom. The number of benzene rings is 3. The number of halogens is 2. The number of nitrogens with one attached hydrogen (secondary N) is 3. The van der Waals surface area contributed by atoms with E-state index in [1.807, 2.05) is 25.1 Å². The average molecular weight is 544 g/mol. The summed E-state index contributed by atoms with van der Waals surface area (Å²) in [5, 5.41) is 19.6. The molecule has 0 aromatic heterocycles. The number of carbonyl (C=O) groups excluding carboxylic acids is 1. The molecule has 3 aromatic carbocycles. The first-order chi connectivity index (χ1) is 18.1. The van der Waals surface area contributed by atoms with Crippen LogP contribution >= 0.6 is 0 Å². The Balaban J connectivity index is 1.51. The maximum Gasteiger partial charge on any atom is 0.319 e. The normalized spacial score (nSPS) is 17.7. The minimum Gasteiger partial charge on any atom is -0.390 e. The number of carbonyl (C=O) groups is 1.